The highest BCUT2D eigenvalue weighted by Gasteiger charge is 2.54. The first-order chi connectivity index (χ1) is 9.59. The van der Waals surface area contributed by atoms with E-state index in [-0.39, 0.29) is 5.38 Å². The highest BCUT2D eigenvalue weighted by atomic mass is 127. The lowest BCUT2D eigenvalue weighted by molar-refractivity contribution is 0.369. The van der Waals surface area contributed by atoms with E-state index in [1.165, 1.54) is 34.8 Å². The van der Waals surface area contributed by atoms with Crippen molar-refractivity contribution in [1.29, 1.82) is 0 Å². The summed E-state index contributed by atoms with van der Waals surface area (Å²) in [6.45, 7) is 3.14. The summed E-state index contributed by atoms with van der Waals surface area (Å²) in [5.74, 6) is 2.00. The van der Waals surface area contributed by atoms with E-state index < -0.39 is 0 Å². The second kappa shape index (κ2) is 4.60. The van der Waals surface area contributed by atoms with Crippen molar-refractivity contribution in [3.05, 3.63) is 27.6 Å². The Morgan fingerprint density at radius 3 is 2.80 bits per heavy atom. The molecule has 20 heavy (non-hydrogen) atoms. The number of rotatable bonds is 4. The summed E-state index contributed by atoms with van der Waals surface area (Å²) in [4.78, 5) is 4.79. The molecule has 2 nitrogen and oxygen atoms in total. The molecule has 0 N–H and O–H groups in total. The molecule has 0 bridgehead atoms. The Morgan fingerprint density at radius 1 is 1.45 bits per heavy atom. The number of imidazole rings is 1. The third-order valence-electron chi connectivity index (χ3n) is 4.90. The molecule has 2 aliphatic carbocycles. The first kappa shape index (κ1) is 13.4. The zero-order valence-electron chi connectivity index (χ0n) is 11.6. The Balaban J connectivity index is 1.81. The molecule has 1 unspecified atom stereocenters. The van der Waals surface area contributed by atoms with Crippen LogP contribution in [0.25, 0.3) is 11.0 Å². The molecule has 0 saturated heterocycles. The van der Waals surface area contributed by atoms with Gasteiger partial charge in [0, 0.05) is 10.1 Å². The second-order valence-electron chi connectivity index (χ2n) is 6.44. The van der Waals surface area contributed by atoms with Gasteiger partial charge in [0.1, 0.15) is 5.82 Å². The van der Waals surface area contributed by atoms with Crippen LogP contribution in [-0.2, 0) is 6.54 Å². The molecule has 4 rings (SSSR count). The van der Waals surface area contributed by atoms with Crippen molar-refractivity contribution < 1.29 is 0 Å². The summed E-state index contributed by atoms with van der Waals surface area (Å²) in [5, 5.41) is -0.0323. The van der Waals surface area contributed by atoms with Gasteiger partial charge in [-0.2, -0.15) is 0 Å². The Hall–Kier alpha value is -0.290. The topological polar surface area (TPSA) is 17.8 Å². The van der Waals surface area contributed by atoms with Crippen LogP contribution in [0.2, 0.25) is 0 Å². The molecule has 0 amide bonds. The maximum Gasteiger partial charge on any atom is 0.127 e. The molecule has 1 aromatic heterocycles. The predicted octanol–water partition coefficient (Wildman–Crippen LogP) is 5.13. The van der Waals surface area contributed by atoms with Gasteiger partial charge in [-0.05, 0) is 84.7 Å². The van der Waals surface area contributed by atoms with Crippen LogP contribution in [-0.4, -0.2) is 9.55 Å². The molecule has 1 atom stereocenters. The van der Waals surface area contributed by atoms with E-state index >= 15 is 0 Å². The maximum absolute atomic E-state index is 6.38. The van der Waals surface area contributed by atoms with Crippen LogP contribution in [0, 0.1) is 14.9 Å². The SMILES string of the molecule is CC(Cl)c1nc2cc(I)ccc2n1CC1(C2CC2)CC1. The molecule has 2 aromatic rings. The minimum atomic E-state index is -0.0323. The van der Waals surface area contributed by atoms with E-state index in [9.17, 15) is 0 Å². The van der Waals surface area contributed by atoms with Gasteiger partial charge in [-0.25, -0.2) is 4.98 Å². The number of nitrogens with zero attached hydrogens (tertiary/aromatic N) is 2. The van der Waals surface area contributed by atoms with Crippen molar-refractivity contribution in [3.8, 4) is 0 Å². The third kappa shape index (κ3) is 2.17. The lowest BCUT2D eigenvalue weighted by Crippen LogP contribution is -2.16. The molecule has 2 saturated carbocycles. The van der Waals surface area contributed by atoms with Crippen molar-refractivity contribution >= 4 is 45.2 Å². The average Bonchev–Trinajstić information content (AvgIpc) is 3.27. The number of aromatic nitrogens is 2. The van der Waals surface area contributed by atoms with Gasteiger partial charge in [0.05, 0.1) is 16.4 Å². The van der Waals surface area contributed by atoms with Gasteiger partial charge < -0.3 is 4.57 Å². The largest absolute Gasteiger partial charge is 0.326 e. The molecule has 0 radical (unpaired) electrons. The lowest BCUT2D eigenvalue weighted by atomic mass is 10.0. The fourth-order valence-electron chi connectivity index (χ4n) is 3.46. The van der Waals surface area contributed by atoms with Crippen LogP contribution in [0.4, 0.5) is 0 Å². The van der Waals surface area contributed by atoms with E-state index in [1.807, 2.05) is 6.92 Å². The minimum Gasteiger partial charge on any atom is -0.326 e. The first-order valence-corrected chi connectivity index (χ1v) is 8.90. The van der Waals surface area contributed by atoms with Crippen molar-refractivity contribution in [2.45, 2.75) is 44.5 Å². The smallest absolute Gasteiger partial charge is 0.127 e. The number of benzene rings is 1. The van der Waals surface area contributed by atoms with Crippen LogP contribution >= 0.6 is 34.2 Å². The summed E-state index contributed by atoms with van der Waals surface area (Å²) >= 11 is 8.72. The van der Waals surface area contributed by atoms with Crippen molar-refractivity contribution in [1.82, 2.24) is 9.55 Å². The fourth-order valence-corrected chi connectivity index (χ4v) is 4.10. The molecule has 2 aliphatic rings. The lowest BCUT2D eigenvalue weighted by Gasteiger charge is -2.18. The number of hydrogen-bond acceptors (Lipinski definition) is 1. The van der Waals surface area contributed by atoms with Crippen LogP contribution in [0.3, 0.4) is 0 Å². The molecule has 1 heterocycles. The van der Waals surface area contributed by atoms with Gasteiger partial charge in [-0.3, -0.25) is 0 Å². The zero-order chi connectivity index (χ0) is 13.9. The Labute approximate surface area is 138 Å². The molecule has 0 aliphatic heterocycles. The third-order valence-corrected chi connectivity index (χ3v) is 5.77. The van der Waals surface area contributed by atoms with E-state index in [0.717, 1.165) is 23.8 Å². The normalized spacial score (nSPS) is 22.1. The monoisotopic (exact) mass is 400 g/mol. The van der Waals surface area contributed by atoms with Crippen molar-refractivity contribution in [2.75, 3.05) is 0 Å². The number of fused-ring (bicyclic) bond motifs is 1. The molecule has 106 valence electrons. The predicted molar refractivity (Wildman–Crippen MR) is 91.1 cm³/mol. The quantitative estimate of drug-likeness (QED) is 0.514. The summed E-state index contributed by atoms with van der Waals surface area (Å²) in [6.07, 6.45) is 5.63. The Morgan fingerprint density at radius 2 is 2.20 bits per heavy atom. The standard InChI is InChI=1S/C16H18ClIN2/c1-10(17)15-19-13-8-12(18)4-5-14(13)20(15)9-16(6-7-16)11-2-3-11/h4-5,8,10-11H,2-3,6-7,9H2,1H3. The molecule has 4 heteroatoms. The van der Waals surface area contributed by atoms with Crippen LogP contribution in [0.5, 0.6) is 0 Å². The van der Waals surface area contributed by atoms with Crippen LogP contribution in [0.15, 0.2) is 18.2 Å². The van der Waals surface area contributed by atoms with Gasteiger partial charge in [-0.1, -0.05) is 0 Å². The van der Waals surface area contributed by atoms with Gasteiger partial charge >= 0.3 is 0 Å². The van der Waals surface area contributed by atoms with Gasteiger partial charge in [-0.15, -0.1) is 11.6 Å². The summed E-state index contributed by atoms with van der Waals surface area (Å²) in [7, 11) is 0. The molecule has 1 aromatic carbocycles. The van der Waals surface area contributed by atoms with E-state index in [2.05, 4.69) is 45.4 Å². The fraction of sp³-hybridized carbons (Fsp3) is 0.562. The van der Waals surface area contributed by atoms with Gasteiger partial charge in [0.25, 0.3) is 0 Å². The summed E-state index contributed by atoms with van der Waals surface area (Å²) in [6, 6.07) is 6.53. The zero-order valence-corrected chi connectivity index (χ0v) is 14.5. The summed E-state index contributed by atoms with van der Waals surface area (Å²) < 4.78 is 3.63. The number of alkyl halides is 1. The van der Waals surface area contributed by atoms with Crippen LogP contribution < -0.4 is 0 Å². The average molecular weight is 401 g/mol. The molecule has 2 fully saturated rings. The highest BCUT2D eigenvalue weighted by Crippen LogP contribution is 2.62. The minimum absolute atomic E-state index is 0.0323. The van der Waals surface area contributed by atoms with E-state index in [4.69, 9.17) is 16.6 Å². The number of hydrogen-bond donors (Lipinski definition) is 0. The van der Waals surface area contributed by atoms with Gasteiger partial charge in [0.15, 0.2) is 0 Å². The van der Waals surface area contributed by atoms with Crippen molar-refractivity contribution in [2.24, 2.45) is 11.3 Å². The maximum atomic E-state index is 6.38. The van der Waals surface area contributed by atoms with Gasteiger partial charge in [0.2, 0.25) is 0 Å². The molecule has 0 spiro atoms. The van der Waals surface area contributed by atoms with Crippen molar-refractivity contribution in [3.63, 3.8) is 0 Å². The number of halogens is 2. The molecular weight excluding hydrogens is 383 g/mol. The van der Waals surface area contributed by atoms with E-state index in [0.29, 0.717) is 5.41 Å². The Bertz CT molecular complexity index is 668. The highest BCUT2D eigenvalue weighted by molar-refractivity contribution is 14.1. The van der Waals surface area contributed by atoms with Crippen LogP contribution in [0.1, 0.15) is 43.8 Å². The van der Waals surface area contributed by atoms with E-state index in [1.54, 1.807) is 0 Å². The Kier molecular flexibility index (Phi) is 3.08. The second-order valence-corrected chi connectivity index (χ2v) is 8.34. The molecular formula is C16H18ClIN2. The summed E-state index contributed by atoms with van der Waals surface area (Å²) in [5.41, 5.74) is 2.91. The first-order valence-electron chi connectivity index (χ1n) is 7.39.